The smallest absolute Gasteiger partial charge is 0.212 e. The van der Waals surface area contributed by atoms with Crippen molar-refractivity contribution in [3.05, 3.63) is 71.2 Å². The third kappa shape index (κ3) is 3.52. The minimum Gasteiger partial charge on any atom is -0.469 e. The van der Waals surface area contributed by atoms with Crippen molar-refractivity contribution in [2.75, 3.05) is 13.2 Å². The molecule has 0 saturated carbocycles. The van der Waals surface area contributed by atoms with Gasteiger partial charge in [-0.05, 0) is 17.2 Å². The van der Waals surface area contributed by atoms with Crippen LogP contribution in [0.1, 0.15) is 5.56 Å². The van der Waals surface area contributed by atoms with Crippen LogP contribution in [0.25, 0.3) is 33.4 Å². The highest BCUT2D eigenvalue weighted by molar-refractivity contribution is 6.33. The maximum Gasteiger partial charge on any atom is 0.212 e. The highest BCUT2D eigenvalue weighted by Crippen LogP contribution is 2.36. The summed E-state index contributed by atoms with van der Waals surface area (Å²) in [6, 6.07) is 22.0. The fourth-order valence-corrected chi connectivity index (χ4v) is 4.87. The predicted molar refractivity (Wildman–Crippen MR) is 127 cm³/mol. The number of fused-ring (bicyclic) bond motifs is 2. The van der Waals surface area contributed by atoms with E-state index in [-0.39, 0.29) is 30.8 Å². The molecule has 2 aliphatic rings. The van der Waals surface area contributed by atoms with Crippen molar-refractivity contribution in [3.63, 3.8) is 0 Å². The van der Waals surface area contributed by atoms with Gasteiger partial charge in [0, 0.05) is 5.56 Å². The topological polar surface area (TPSA) is 100 Å². The number of aliphatic hydroxyl groups excluding tert-OH is 1. The van der Waals surface area contributed by atoms with Crippen LogP contribution in [0.5, 0.6) is 5.88 Å². The van der Waals surface area contributed by atoms with Gasteiger partial charge in [0.2, 0.25) is 5.88 Å². The Hall–Kier alpha value is -3.41. The maximum atomic E-state index is 9.96. The Morgan fingerprint density at radius 1 is 1.00 bits per heavy atom. The molecule has 2 aromatic heterocycles. The summed E-state index contributed by atoms with van der Waals surface area (Å²) < 4.78 is 17.3. The summed E-state index contributed by atoms with van der Waals surface area (Å²) in [4.78, 5) is 7.84. The van der Waals surface area contributed by atoms with Crippen molar-refractivity contribution in [3.8, 4) is 34.3 Å². The number of aromatic nitrogens is 2. The van der Waals surface area contributed by atoms with Crippen LogP contribution in [-0.4, -0.2) is 52.7 Å². The Balaban J connectivity index is 1.33. The lowest BCUT2D eigenvalue weighted by atomic mass is 10.0. The summed E-state index contributed by atoms with van der Waals surface area (Å²) in [6.45, 7) is 0.469. The van der Waals surface area contributed by atoms with Crippen LogP contribution in [0, 0.1) is 11.3 Å². The molecule has 2 aliphatic heterocycles. The number of nitrogens with zero attached hydrogens (tertiary/aromatic N) is 2. The number of aliphatic hydroxyl groups is 1. The van der Waals surface area contributed by atoms with Gasteiger partial charge in [-0.25, -0.2) is 4.98 Å². The largest absolute Gasteiger partial charge is 0.469 e. The van der Waals surface area contributed by atoms with Crippen LogP contribution in [0.3, 0.4) is 0 Å². The molecule has 2 N–H and O–H groups in total. The summed E-state index contributed by atoms with van der Waals surface area (Å²) >= 11 is 6.58. The van der Waals surface area contributed by atoms with Crippen molar-refractivity contribution >= 4 is 22.6 Å². The molecular formula is C26H20ClN3O4. The number of halogens is 1. The summed E-state index contributed by atoms with van der Waals surface area (Å²) in [5, 5.41) is 20.3. The Labute approximate surface area is 200 Å². The number of rotatable bonds is 4. The van der Waals surface area contributed by atoms with Crippen LogP contribution in [0.15, 0.2) is 60.7 Å². The zero-order valence-corrected chi connectivity index (χ0v) is 18.7. The molecule has 2 aromatic carbocycles. The van der Waals surface area contributed by atoms with Crippen LogP contribution in [-0.2, 0) is 9.47 Å². The molecule has 0 amide bonds. The van der Waals surface area contributed by atoms with E-state index in [0.29, 0.717) is 21.7 Å². The number of hydrogen-bond donors (Lipinski definition) is 2. The van der Waals surface area contributed by atoms with Crippen molar-refractivity contribution < 1.29 is 19.3 Å². The molecule has 7 nitrogen and oxygen atoms in total. The minimum absolute atomic E-state index is 0.205. The molecule has 4 heterocycles. The van der Waals surface area contributed by atoms with E-state index in [1.54, 1.807) is 6.07 Å². The van der Waals surface area contributed by atoms with Gasteiger partial charge in [0.1, 0.15) is 35.5 Å². The van der Waals surface area contributed by atoms with Crippen molar-refractivity contribution in [2.24, 2.45) is 0 Å². The zero-order chi connectivity index (χ0) is 23.2. The van der Waals surface area contributed by atoms with Gasteiger partial charge < -0.3 is 24.3 Å². The molecule has 0 radical (unpaired) electrons. The monoisotopic (exact) mass is 473 g/mol. The highest BCUT2D eigenvalue weighted by Gasteiger charge is 2.48. The molecule has 0 aliphatic carbocycles. The van der Waals surface area contributed by atoms with Gasteiger partial charge in [-0.15, -0.1) is 0 Å². The van der Waals surface area contributed by atoms with Gasteiger partial charge in [-0.3, -0.25) is 0 Å². The van der Waals surface area contributed by atoms with Crippen molar-refractivity contribution in [1.82, 2.24) is 9.97 Å². The number of aromatic amines is 1. The molecule has 170 valence electrons. The van der Waals surface area contributed by atoms with Crippen LogP contribution in [0.4, 0.5) is 0 Å². The van der Waals surface area contributed by atoms with Crippen LogP contribution >= 0.6 is 11.6 Å². The first kappa shape index (κ1) is 21.1. The molecule has 0 spiro atoms. The average Bonchev–Trinajstić information content (AvgIpc) is 3.54. The molecule has 4 aromatic rings. The quantitative estimate of drug-likeness (QED) is 0.457. The van der Waals surface area contributed by atoms with E-state index in [2.05, 4.69) is 23.2 Å². The van der Waals surface area contributed by atoms with Gasteiger partial charge in [0.15, 0.2) is 6.10 Å². The van der Waals surface area contributed by atoms with Crippen LogP contribution in [0.2, 0.25) is 5.02 Å². The molecule has 4 atom stereocenters. The van der Waals surface area contributed by atoms with Gasteiger partial charge in [0.25, 0.3) is 0 Å². The van der Waals surface area contributed by atoms with Crippen LogP contribution < -0.4 is 4.74 Å². The van der Waals surface area contributed by atoms with E-state index < -0.39 is 18.3 Å². The van der Waals surface area contributed by atoms with Crippen molar-refractivity contribution in [1.29, 1.82) is 5.26 Å². The van der Waals surface area contributed by atoms with Gasteiger partial charge in [-0.2, -0.15) is 5.26 Å². The van der Waals surface area contributed by atoms with Gasteiger partial charge in [0.05, 0.1) is 29.4 Å². The number of ether oxygens (including phenoxy) is 3. The molecule has 0 bridgehead atoms. The van der Waals surface area contributed by atoms with E-state index in [9.17, 15) is 10.4 Å². The molecule has 2 fully saturated rings. The summed E-state index contributed by atoms with van der Waals surface area (Å²) in [6.07, 6.45) is -1.92. The maximum absolute atomic E-state index is 9.96. The first-order chi connectivity index (χ1) is 16.6. The average molecular weight is 474 g/mol. The highest BCUT2D eigenvalue weighted by atomic mass is 35.5. The van der Waals surface area contributed by atoms with Gasteiger partial charge in [-0.1, -0.05) is 66.2 Å². The first-order valence-electron chi connectivity index (χ1n) is 11.0. The Morgan fingerprint density at radius 3 is 2.47 bits per heavy atom. The zero-order valence-electron chi connectivity index (χ0n) is 17.9. The molecule has 4 unspecified atom stereocenters. The SMILES string of the molecule is N#Cc1c(OC2COC3C(O)COC23)[nH]c2cc(Cl)c(-c3ccc(-c4ccccc4)cc3)nc12. The number of benzene rings is 2. The number of hydrogen-bond acceptors (Lipinski definition) is 6. The number of nitriles is 1. The lowest BCUT2D eigenvalue weighted by Gasteiger charge is -2.16. The second-order valence-electron chi connectivity index (χ2n) is 8.42. The summed E-state index contributed by atoms with van der Waals surface area (Å²) in [7, 11) is 0. The fourth-order valence-electron chi connectivity index (χ4n) is 4.61. The number of H-pyrrole nitrogens is 1. The van der Waals surface area contributed by atoms with E-state index in [1.165, 1.54) is 0 Å². The lowest BCUT2D eigenvalue weighted by Crippen LogP contribution is -2.34. The Morgan fingerprint density at radius 2 is 1.71 bits per heavy atom. The third-order valence-electron chi connectivity index (χ3n) is 6.32. The van der Waals surface area contributed by atoms with E-state index >= 15 is 0 Å². The lowest BCUT2D eigenvalue weighted by molar-refractivity contribution is 0.00789. The minimum atomic E-state index is -0.673. The second-order valence-corrected chi connectivity index (χ2v) is 8.83. The summed E-state index contributed by atoms with van der Waals surface area (Å²) in [5.41, 5.74) is 5.01. The number of pyridine rings is 1. The molecule has 6 rings (SSSR count). The molecular weight excluding hydrogens is 454 g/mol. The summed E-state index contributed by atoms with van der Waals surface area (Å²) in [5.74, 6) is 0.289. The molecule has 2 saturated heterocycles. The van der Waals surface area contributed by atoms with E-state index in [1.807, 2.05) is 42.5 Å². The number of nitrogens with one attached hydrogen (secondary N) is 1. The van der Waals surface area contributed by atoms with E-state index in [0.717, 1.165) is 16.7 Å². The fraction of sp³-hybridized carbons (Fsp3) is 0.231. The van der Waals surface area contributed by atoms with Crippen molar-refractivity contribution in [2.45, 2.75) is 24.4 Å². The molecule has 8 heteroatoms. The van der Waals surface area contributed by atoms with Gasteiger partial charge >= 0.3 is 0 Å². The third-order valence-corrected chi connectivity index (χ3v) is 6.60. The predicted octanol–water partition coefficient (Wildman–Crippen LogP) is 4.33. The molecule has 34 heavy (non-hydrogen) atoms. The Bertz CT molecular complexity index is 1400. The Kier molecular flexibility index (Phi) is 5.24. The second kappa shape index (κ2) is 8.42. The normalized spacial score (nSPS) is 23.7. The first-order valence-corrected chi connectivity index (χ1v) is 11.4. The van der Waals surface area contributed by atoms with E-state index in [4.69, 9.17) is 30.8 Å². The standard InChI is InChI=1S/C26H20ClN3O4/c27-18-10-19-23(30-22(18)16-8-6-15(7-9-16)14-4-2-1-3-5-14)17(11-28)26(29-19)34-21-13-33-24-20(31)12-32-25(21)24/h1-10,20-21,24-25,29,31H,12-13H2.